The van der Waals surface area contributed by atoms with Crippen LogP contribution < -0.4 is 10.6 Å². The quantitative estimate of drug-likeness (QED) is 0.221. The molecule has 0 saturated carbocycles. The molecule has 2 aliphatic heterocycles. The lowest BCUT2D eigenvalue weighted by atomic mass is 10.1. The molecular formula is C34H41N15. The fourth-order valence-electron chi connectivity index (χ4n) is 5.51. The van der Waals surface area contributed by atoms with Crippen molar-refractivity contribution in [3.05, 3.63) is 109 Å². The zero-order valence-electron chi connectivity index (χ0n) is 28.2. The maximum atomic E-state index is 4.31. The van der Waals surface area contributed by atoms with Gasteiger partial charge in [0.25, 0.3) is 0 Å². The Labute approximate surface area is 283 Å². The molecule has 3 N–H and O–H groups in total. The van der Waals surface area contributed by atoms with Crippen LogP contribution in [-0.2, 0) is 54.1 Å². The van der Waals surface area contributed by atoms with Crippen molar-refractivity contribution in [2.24, 2.45) is 28.2 Å². The van der Waals surface area contributed by atoms with Crippen LogP contribution in [0.15, 0.2) is 86.4 Å². The van der Waals surface area contributed by atoms with E-state index in [-0.39, 0.29) is 0 Å². The molecule has 15 heteroatoms. The first kappa shape index (κ1) is 33.1. The summed E-state index contributed by atoms with van der Waals surface area (Å²) in [4.78, 5) is 11.8. The highest BCUT2D eigenvalue weighted by Gasteiger charge is 2.12. The zero-order valence-corrected chi connectivity index (χ0v) is 28.2. The summed E-state index contributed by atoms with van der Waals surface area (Å²) in [5.41, 5.74) is 8.37. The SMILES string of the molecule is Cn1cc2c(n1)CNCC2.Cn1cc2ccncc2n1.Cn1ncc2c1CNCC2.Cn1ncc2ccncc21.c1cc2cn[nH]c2cn1. The fraction of sp³-hybridized carbons (Fsp3) is 0.294. The van der Waals surface area contributed by atoms with E-state index in [9.17, 15) is 0 Å². The monoisotopic (exact) mass is 659 g/mol. The molecule has 49 heavy (non-hydrogen) atoms. The van der Waals surface area contributed by atoms with Gasteiger partial charge in [-0.3, -0.25) is 38.8 Å². The predicted octanol–water partition coefficient (Wildman–Crippen LogP) is 3.03. The number of fused-ring (bicyclic) bond motifs is 5. The number of aryl methyl sites for hydroxylation is 4. The van der Waals surface area contributed by atoms with Gasteiger partial charge in [0.1, 0.15) is 5.52 Å². The van der Waals surface area contributed by atoms with Crippen molar-refractivity contribution in [1.29, 1.82) is 0 Å². The van der Waals surface area contributed by atoms with Crippen LogP contribution in [0.5, 0.6) is 0 Å². The third kappa shape index (κ3) is 8.57. The van der Waals surface area contributed by atoms with E-state index in [2.05, 4.69) is 62.4 Å². The van der Waals surface area contributed by atoms with E-state index in [4.69, 9.17) is 0 Å². The molecule has 10 rings (SSSR count). The van der Waals surface area contributed by atoms with Gasteiger partial charge < -0.3 is 10.6 Å². The summed E-state index contributed by atoms with van der Waals surface area (Å²) in [7, 11) is 7.77. The largest absolute Gasteiger partial charge is 0.311 e. The molecule has 252 valence electrons. The molecule has 0 spiro atoms. The molecule has 0 fully saturated rings. The number of aromatic amines is 1. The van der Waals surface area contributed by atoms with E-state index in [1.165, 1.54) is 22.5 Å². The highest BCUT2D eigenvalue weighted by Crippen LogP contribution is 2.12. The second kappa shape index (κ2) is 15.9. The van der Waals surface area contributed by atoms with E-state index in [0.29, 0.717) is 0 Å². The van der Waals surface area contributed by atoms with Crippen LogP contribution in [0, 0.1) is 0 Å². The smallest absolute Gasteiger partial charge is 0.111 e. The van der Waals surface area contributed by atoms with Crippen molar-refractivity contribution in [2.75, 3.05) is 13.1 Å². The first-order valence-electron chi connectivity index (χ1n) is 16.1. The summed E-state index contributed by atoms with van der Waals surface area (Å²) < 4.78 is 7.42. The topological polar surface area (TPSA) is 163 Å². The summed E-state index contributed by atoms with van der Waals surface area (Å²) >= 11 is 0. The lowest BCUT2D eigenvalue weighted by Gasteiger charge is -2.12. The Hall–Kier alpha value is -5.80. The van der Waals surface area contributed by atoms with Gasteiger partial charge in [0.15, 0.2) is 0 Å². The molecule has 2 aliphatic rings. The van der Waals surface area contributed by atoms with E-state index < -0.39 is 0 Å². The Morgan fingerprint density at radius 2 is 1.31 bits per heavy atom. The first-order valence-corrected chi connectivity index (χ1v) is 16.1. The molecule has 0 aliphatic carbocycles. The van der Waals surface area contributed by atoms with Gasteiger partial charge in [-0.1, -0.05) is 0 Å². The van der Waals surface area contributed by atoms with E-state index in [1.54, 1.807) is 41.9 Å². The number of aromatic nitrogens is 13. The molecule has 8 aromatic heterocycles. The number of nitrogens with zero attached hydrogens (tertiary/aromatic N) is 12. The van der Waals surface area contributed by atoms with Crippen LogP contribution in [0.25, 0.3) is 32.7 Å². The first-order chi connectivity index (χ1) is 23.9. The van der Waals surface area contributed by atoms with E-state index >= 15 is 0 Å². The molecule has 0 amide bonds. The van der Waals surface area contributed by atoms with Crippen LogP contribution in [-0.4, -0.2) is 77.4 Å². The molecule has 8 aromatic rings. The van der Waals surface area contributed by atoms with Gasteiger partial charge in [-0.15, -0.1) is 0 Å². The minimum absolute atomic E-state index is 0.941. The normalized spacial score (nSPS) is 13.1. The van der Waals surface area contributed by atoms with Crippen LogP contribution in [0.2, 0.25) is 0 Å². The van der Waals surface area contributed by atoms with Crippen molar-refractivity contribution in [1.82, 2.24) is 74.9 Å². The highest BCUT2D eigenvalue weighted by molar-refractivity contribution is 5.77. The Bertz CT molecular complexity index is 2120. The third-order valence-corrected chi connectivity index (χ3v) is 8.09. The predicted molar refractivity (Wildman–Crippen MR) is 188 cm³/mol. The molecule has 0 unspecified atom stereocenters. The number of hydrogen-bond acceptors (Lipinski definition) is 10. The second-order valence-electron chi connectivity index (χ2n) is 11.6. The molecule has 15 nitrogen and oxygen atoms in total. The summed E-state index contributed by atoms with van der Waals surface area (Å²) in [6, 6.07) is 5.81. The minimum atomic E-state index is 0.941. The molecule has 0 saturated heterocycles. The van der Waals surface area contributed by atoms with Gasteiger partial charge >= 0.3 is 0 Å². The maximum absolute atomic E-state index is 4.31. The second-order valence-corrected chi connectivity index (χ2v) is 11.6. The Kier molecular flexibility index (Phi) is 10.7. The van der Waals surface area contributed by atoms with Gasteiger partial charge in [0.2, 0.25) is 0 Å². The number of rotatable bonds is 0. The van der Waals surface area contributed by atoms with Crippen LogP contribution >= 0.6 is 0 Å². The maximum Gasteiger partial charge on any atom is 0.111 e. The number of pyridine rings is 3. The summed E-state index contributed by atoms with van der Waals surface area (Å²) in [6.07, 6.45) is 22.5. The zero-order chi connectivity index (χ0) is 34.0. The molecule has 0 radical (unpaired) electrons. The number of H-pyrrole nitrogens is 1. The Morgan fingerprint density at radius 1 is 0.612 bits per heavy atom. The summed E-state index contributed by atoms with van der Waals surface area (Å²) in [5.74, 6) is 0. The van der Waals surface area contributed by atoms with Gasteiger partial charge in [-0.2, -0.15) is 25.5 Å². The molecular weight excluding hydrogens is 618 g/mol. The Morgan fingerprint density at radius 3 is 2.06 bits per heavy atom. The van der Waals surface area contributed by atoms with Crippen LogP contribution in [0.3, 0.4) is 0 Å². The lowest BCUT2D eigenvalue weighted by molar-refractivity contribution is 0.593. The van der Waals surface area contributed by atoms with Crippen molar-refractivity contribution in [2.45, 2.75) is 25.9 Å². The third-order valence-electron chi connectivity index (χ3n) is 8.09. The number of hydrogen-bond donors (Lipinski definition) is 3. The average Bonchev–Trinajstić information content (AvgIpc) is 3.97. The molecule has 0 bridgehead atoms. The van der Waals surface area contributed by atoms with Crippen molar-refractivity contribution >= 4 is 32.7 Å². The average molecular weight is 660 g/mol. The summed E-state index contributed by atoms with van der Waals surface area (Å²) in [6.45, 7) is 4.11. The minimum Gasteiger partial charge on any atom is -0.311 e. The Balaban J connectivity index is 0.000000106. The molecule has 0 atom stereocenters. The standard InChI is InChI=1S/C7H11N3.C7H7N3.C7H11N3.C7H7N3.C6H5N3/c2*1-10-5-6-2-3-8-4-7(6)9-10;2*1-10-7-5-8-3-2-6(7)4-9-10;1-2-7-4-6-5(1)3-8-9-6/h5,8H,2-4H2,1H3;2-5H,1H3;4,8H,2-3,5H2,1H3;2-5H,1H3;1-4H,(H,8,9). The molecule has 0 aromatic carbocycles. The van der Waals surface area contributed by atoms with Crippen LogP contribution in [0.1, 0.15) is 22.5 Å². The highest BCUT2D eigenvalue weighted by atomic mass is 15.3. The fourth-order valence-corrected chi connectivity index (χ4v) is 5.51. The van der Waals surface area contributed by atoms with Crippen molar-refractivity contribution < 1.29 is 0 Å². The van der Waals surface area contributed by atoms with Crippen molar-refractivity contribution in [3.8, 4) is 0 Å². The van der Waals surface area contributed by atoms with Crippen LogP contribution in [0.4, 0.5) is 0 Å². The van der Waals surface area contributed by atoms with Gasteiger partial charge in [0.05, 0.1) is 59.6 Å². The summed E-state index contributed by atoms with van der Waals surface area (Å²) in [5, 5.41) is 33.3. The lowest BCUT2D eigenvalue weighted by Crippen LogP contribution is -2.24. The van der Waals surface area contributed by atoms with E-state index in [1.807, 2.05) is 85.2 Å². The van der Waals surface area contributed by atoms with Gasteiger partial charge in [-0.05, 0) is 55.3 Å². The van der Waals surface area contributed by atoms with Gasteiger partial charge in [-0.25, -0.2) is 0 Å². The van der Waals surface area contributed by atoms with Gasteiger partial charge in [0, 0.05) is 88.4 Å². The number of nitrogens with one attached hydrogen (secondary N) is 3. The van der Waals surface area contributed by atoms with Crippen molar-refractivity contribution in [3.63, 3.8) is 0 Å². The molecule has 10 heterocycles. The van der Waals surface area contributed by atoms with E-state index in [0.717, 1.165) is 71.7 Å².